The number of aryl methyl sites for hydroxylation is 1. The minimum absolute atomic E-state index is 0.163. The van der Waals surface area contributed by atoms with Crippen molar-refractivity contribution < 1.29 is 24.6 Å². The van der Waals surface area contributed by atoms with Gasteiger partial charge < -0.3 is 19.6 Å². The number of aromatic nitrogens is 2. The van der Waals surface area contributed by atoms with Gasteiger partial charge in [0, 0.05) is 38.1 Å². The molecule has 0 bridgehead atoms. The van der Waals surface area contributed by atoms with E-state index >= 15 is 0 Å². The molecule has 2 amide bonds. The zero-order valence-corrected chi connectivity index (χ0v) is 18.9. The number of anilines is 1. The summed E-state index contributed by atoms with van der Waals surface area (Å²) in [6.45, 7) is 3.41. The van der Waals surface area contributed by atoms with Crippen LogP contribution in [0.1, 0.15) is 25.3 Å². The fourth-order valence-electron chi connectivity index (χ4n) is 4.12. The van der Waals surface area contributed by atoms with E-state index in [1.807, 2.05) is 36.1 Å². The molecule has 0 unspecified atom stereocenters. The van der Waals surface area contributed by atoms with Gasteiger partial charge in [-0.15, -0.1) is 0 Å². The fourth-order valence-corrected chi connectivity index (χ4v) is 4.12. The second-order valence-corrected chi connectivity index (χ2v) is 8.14. The molecule has 10 nitrogen and oxygen atoms in total. The number of ether oxygens (including phenoxy) is 1. The molecular formula is C23H31N5O5. The van der Waals surface area contributed by atoms with E-state index in [9.17, 15) is 14.7 Å². The van der Waals surface area contributed by atoms with Crippen LogP contribution in [-0.4, -0.2) is 75.9 Å². The van der Waals surface area contributed by atoms with Crippen LogP contribution in [0.5, 0.6) is 5.75 Å². The molecule has 1 aliphatic heterocycles. The van der Waals surface area contributed by atoms with Crippen molar-refractivity contribution in [3.63, 3.8) is 0 Å². The Balaban J connectivity index is 1.65. The molecule has 3 N–H and O–H groups in total. The fraction of sp³-hybridized carbons (Fsp3) is 0.478. The summed E-state index contributed by atoms with van der Waals surface area (Å²) in [5.41, 5.74) is 2.53. The lowest BCUT2D eigenvalue weighted by atomic mass is 9.91. The SMILES string of the molecule is COc1ccc(CCC[C@H](C(=O)N2CCN(c3ncccn3)C[C@H]2C)[C@H](O)C(=O)NO)cc1. The molecule has 3 atom stereocenters. The van der Waals surface area contributed by atoms with Crippen molar-refractivity contribution >= 4 is 17.8 Å². The predicted molar refractivity (Wildman–Crippen MR) is 121 cm³/mol. The maximum absolute atomic E-state index is 13.4. The molecule has 178 valence electrons. The third-order valence-electron chi connectivity index (χ3n) is 5.96. The number of methoxy groups -OCH3 is 1. The van der Waals surface area contributed by atoms with Crippen LogP contribution in [0.4, 0.5) is 5.95 Å². The first kappa shape index (κ1) is 24.4. The molecule has 1 fully saturated rings. The minimum atomic E-state index is -1.64. The number of aliphatic hydroxyl groups excluding tert-OH is 1. The Morgan fingerprint density at radius 3 is 2.52 bits per heavy atom. The Morgan fingerprint density at radius 2 is 1.91 bits per heavy atom. The second-order valence-electron chi connectivity index (χ2n) is 8.14. The lowest BCUT2D eigenvalue weighted by Crippen LogP contribution is -2.57. The summed E-state index contributed by atoms with van der Waals surface area (Å²) in [7, 11) is 1.60. The van der Waals surface area contributed by atoms with E-state index in [2.05, 4.69) is 9.97 Å². The summed E-state index contributed by atoms with van der Waals surface area (Å²) < 4.78 is 5.16. The summed E-state index contributed by atoms with van der Waals surface area (Å²) in [5.74, 6) is -0.885. The summed E-state index contributed by atoms with van der Waals surface area (Å²) in [6, 6.07) is 9.20. The zero-order chi connectivity index (χ0) is 23.8. The zero-order valence-electron chi connectivity index (χ0n) is 18.9. The number of piperazine rings is 1. The van der Waals surface area contributed by atoms with Gasteiger partial charge in [-0.3, -0.25) is 14.8 Å². The predicted octanol–water partition coefficient (Wildman–Crippen LogP) is 1.03. The van der Waals surface area contributed by atoms with E-state index in [1.165, 1.54) is 5.48 Å². The maximum atomic E-state index is 13.4. The van der Waals surface area contributed by atoms with E-state index in [4.69, 9.17) is 9.94 Å². The van der Waals surface area contributed by atoms with Crippen LogP contribution < -0.4 is 15.1 Å². The summed E-state index contributed by atoms with van der Waals surface area (Å²) in [5, 5.41) is 19.5. The first-order valence-corrected chi connectivity index (χ1v) is 11.0. The summed E-state index contributed by atoms with van der Waals surface area (Å²) >= 11 is 0. The number of nitrogens with zero attached hydrogens (tertiary/aromatic N) is 4. The summed E-state index contributed by atoms with van der Waals surface area (Å²) in [4.78, 5) is 37.5. The average molecular weight is 458 g/mol. The molecular weight excluding hydrogens is 426 g/mol. The Labute approximate surface area is 193 Å². The molecule has 0 spiro atoms. The number of hydrogen-bond acceptors (Lipinski definition) is 8. The average Bonchev–Trinajstić information content (AvgIpc) is 2.86. The van der Waals surface area contributed by atoms with Gasteiger partial charge in [0.1, 0.15) is 11.9 Å². The normalized spacial score (nSPS) is 17.9. The van der Waals surface area contributed by atoms with Gasteiger partial charge >= 0.3 is 0 Å². The molecule has 33 heavy (non-hydrogen) atoms. The van der Waals surface area contributed by atoms with Crippen LogP contribution in [0.3, 0.4) is 0 Å². The largest absolute Gasteiger partial charge is 0.497 e. The van der Waals surface area contributed by atoms with Crippen molar-refractivity contribution in [2.24, 2.45) is 5.92 Å². The lowest BCUT2D eigenvalue weighted by Gasteiger charge is -2.41. The third-order valence-corrected chi connectivity index (χ3v) is 5.96. The Morgan fingerprint density at radius 1 is 1.21 bits per heavy atom. The molecule has 0 aliphatic carbocycles. The molecule has 10 heteroatoms. The first-order chi connectivity index (χ1) is 15.9. The van der Waals surface area contributed by atoms with E-state index in [0.717, 1.165) is 11.3 Å². The highest BCUT2D eigenvalue weighted by Gasteiger charge is 2.38. The minimum Gasteiger partial charge on any atom is -0.497 e. The highest BCUT2D eigenvalue weighted by molar-refractivity contribution is 5.89. The molecule has 0 saturated carbocycles. The quantitative estimate of drug-likeness (QED) is 0.376. The third kappa shape index (κ3) is 6.17. The van der Waals surface area contributed by atoms with Crippen LogP contribution >= 0.6 is 0 Å². The van der Waals surface area contributed by atoms with Crippen molar-refractivity contribution in [2.45, 2.75) is 38.3 Å². The number of carbonyl (C=O) groups is 2. The van der Waals surface area contributed by atoms with Crippen LogP contribution in [-0.2, 0) is 16.0 Å². The molecule has 1 aliphatic rings. The summed E-state index contributed by atoms with van der Waals surface area (Å²) in [6.07, 6.45) is 3.27. The number of aliphatic hydroxyl groups is 1. The van der Waals surface area contributed by atoms with Crippen molar-refractivity contribution in [3.05, 3.63) is 48.3 Å². The first-order valence-electron chi connectivity index (χ1n) is 11.0. The smallest absolute Gasteiger partial charge is 0.272 e. The van der Waals surface area contributed by atoms with Gasteiger partial charge in [0.05, 0.1) is 13.0 Å². The number of nitrogens with one attached hydrogen (secondary N) is 1. The molecule has 1 saturated heterocycles. The van der Waals surface area contributed by atoms with Gasteiger partial charge in [-0.1, -0.05) is 12.1 Å². The number of amides is 2. The van der Waals surface area contributed by atoms with Gasteiger partial charge in [0.2, 0.25) is 11.9 Å². The van der Waals surface area contributed by atoms with Crippen LogP contribution in [0, 0.1) is 5.92 Å². The van der Waals surface area contributed by atoms with Crippen LogP contribution in [0.2, 0.25) is 0 Å². The van der Waals surface area contributed by atoms with Crippen molar-refractivity contribution in [3.8, 4) is 5.75 Å². The second kappa shape index (κ2) is 11.6. The molecule has 2 heterocycles. The van der Waals surface area contributed by atoms with Crippen molar-refractivity contribution in [2.75, 3.05) is 31.6 Å². The highest BCUT2D eigenvalue weighted by Crippen LogP contribution is 2.23. The van der Waals surface area contributed by atoms with Crippen molar-refractivity contribution in [1.82, 2.24) is 20.3 Å². The Bertz CT molecular complexity index is 911. The standard InChI is InChI=1S/C23H31N5O5/c1-16-15-27(23-24-11-4-12-25-23)13-14-28(16)22(31)19(20(29)21(30)26-32)6-3-5-17-7-9-18(33-2)10-8-17/h4,7-12,16,19-20,29,32H,3,5-6,13-15H2,1-2H3,(H,26,30)/t16-,19+,20+/m1/s1. The Hall–Kier alpha value is -3.24. The number of carbonyl (C=O) groups excluding carboxylic acids is 2. The van der Waals surface area contributed by atoms with Gasteiger partial charge in [-0.2, -0.15) is 0 Å². The molecule has 1 aromatic carbocycles. The van der Waals surface area contributed by atoms with Crippen LogP contribution in [0.15, 0.2) is 42.7 Å². The highest BCUT2D eigenvalue weighted by atomic mass is 16.5. The van der Waals surface area contributed by atoms with E-state index in [0.29, 0.717) is 44.8 Å². The maximum Gasteiger partial charge on any atom is 0.272 e. The lowest BCUT2D eigenvalue weighted by molar-refractivity contribution is -0.152. The monoisotopic (exact) mass is 457 g/mol. The van der Waals surface area contributed by atoms with E-state index < -0.39 is 17.9 Å². The molecule has 2 aromatic rings. The van der Waals surface area contributed by atoms with E-state index in [1.54, 1.807) is 30.5 Å². The van der Waals surface area contributed by atoms with E-state index in [-0.39, 0.29) is 11.9 Å². The van der Waals surface area contributed by atoms with Gasteiger partial charge in [0.25, 0.3) is 5.91 Å². The van der Waals surface area contributed by atoms with Gasteiger partial charge in [-0.25, -0.2) is 15.4 Å². The van der Waals surface area contributed by atoms with Crippen molar-refractivity contribution in [1.29, 1.82) is 0 Å². The number of rotatable bonds is 9. The molecule has 0 radical (unpaired) electrons. The number of hydroxylamine groups is 1. The molecule has 1 aromatic heterocycles. The number of benzene rings is 1. The van der Waals surface area contributed by atoms with Gasteiger partial charge in [-0.05, 0) is 49.9 Å². The van der Waals surface area contributed by atoms with Gasteiger partial charge in [0.15, 0.2) is 0 Å². The Kier molecular flexibility index (Phi) is 8.56. The molecule has 3 rings (SSSR count). The topological polar surface area (TPSA) is 128 Å². The van der Waals surface area contributed by atoms with Crippen LogP contribution in [0.25, 0.3) is 0 Å². The number of hydrogen-bond donors (Lipinski definition) is 3.